The minimum atomic E-state index is -0.359. The Morgan fingerprint density at radius 2 is 2.00 bits per heavy atom. The first-order valence-electron chi connectivity index (χ1n) is 6.88. The lowest BCUT2D eigenvalue weighted by Crippen LogP contribution is -2.31. The van der Waals surface area contributed by atoms with Crippen LogP contribution in [0, 0.1) is 5.82 Å². The second-order valence-corrected chi connectivity index (χ2v) is 4.85. The van der Waals surface area contributed by atoms with Crippen LogP contribution >= 0.6 is 11.6 Å². The van der Waals surface area contributed by atoms with Gasteiger partial charge in [-0.1, -0.05) is 25.4 Å². The van der Waals surface area contributed by atoms with E-state index in [-0.39, 0.29) is 24.2 Å². The molecule has 0 aliphatic rings. The van der Waals surface area contributed by atoms with E-state index in [2.05, 4.69) is 0 Å². The number of hydrogen-bond donors (Lipinski definition) is 0. The molecule has 1 aromatic rings. The molecule has 0 saturated heterocycles. The van der Waals surface area contributed by atoms with E-state index in [0.717, 1.165) is 0 Å². The Kier molecular flexibility index (Phi) is 6.96. The van der Waals surface area contributed by atoms with Crippen LogP contribution in [0.3, 0.4) is 0 Å². The van der Waals surface area contributed by atoms with Crippen molar-refractivity contribution >= 4 is 17.6 Å². The maximum absolute atomic E-state index is 14.1. The zero-order valence-electron chi connectivity index (χ0n) is 12.2. The molecule has 1 aromatic carbocycles. The van der Waals surface area contributed by atoms with Crippen molar-refractivity contribution in [2.75, 3.05) is 19.7 Å². The van der Waals surface area contributed by atoms with Crippen LogP contribution in [0.25, 0.3) is 0 Å². The standard InChI is InChI=1S/C15H21ClFNO2/c1-4-18(5-2)14(10-15(19)20-6-3)12-9-11(16)7-8-13(12)17/h7-9,14H,4-6,10H2,1-3H3. The zero-order valence-corrected chi connectivity index (χ0v) is 12.9. The minimum absolute atomic E-state index is 0.118. The SMILES string of the molecule is CCOC(=O)CC(c1cc(Cl)ccc1F)N(CC)CC. The van der Waals surface area contributed by atoms with E-state index in [4.69, 9.17) is 16.3 Å². The van der Waals surface area contributed by atoms with Gasteiger partial charge in [0, 0.05) is 16.6 Å². The molecule has 1 atom stereocenters. The number of halogens is 2. The van der Waals surface area contributed by atoms with Gasteiger partial charge in [-0.05, 0) is 38.2 Å². The van der Waals surface area contributed by atoms with E-state index in [1.54, 1.807) is 13.0 Å². The van der Waals surface area contributed by atoms with Crippen LogP contribution in [0.2, 0.25) is 5.02 Å². The Morgan fingerprint density at radius 1 is 1.35 bits per heavy atom. The summed E-state index contributed by atoms with van der Waals surface area (Å²) in [5.41, 5.74) is 0.439. The number of nitrogens with zero attached hydrogens (tertiary/aromatic N) is 1. The van der Waals surface area contributed by atoms with E-state index >= 15 is 0 Å². The van der Waals surface area contributed by atoms with Crippen LogP contribution in [0.4, 0.5) is 4.39 Å². The molecule has 0 N–H and O–H groups in total. The van der Waals surface area contributed by atoms with Gasteiger partial charge in [0.1, 0.15) is 5.82 Å². The molecule has 0 radical (unpaired) electrons. The first-order chi connectivity index (χ1) is 9.53. The zero-order chi connectivity index (χ0) is 15.1. The Labute approximate surface area is 124 Å². The van der Waals surface area contributed by atoms with Crippen molar-refractivity contribution in [2.24, 2.45) is 0 Å². The molecular weight excluding hydrogens is 281 g/mol. The third-order valence-electron chi connectivity index (χ3n) is 3.24. The Hall–Kier alpha value is -1.13. The summed E-state index contributed by atoms with van der Waals surface area (Å²) < 4.78 is 19.0. The highest BCUT2D eigenvalue weighted by molar-refractivity contribution is 6.30. The van der Waals surface area contributed by atoms with Crippen LogP contribution in [-0.2, 0) is 9.53 Å². The molecule has 5 heteroatoms. The summed E-state index contributed by atoms with van der Waals surface area (Å²) in [4.78, 5) is 13.8. The van der Waals surface area contributed by atoms with Crippen molar-refractivity contribution < 1.29 is 13.9 Å². The second kappa shape index (κ2) is 8.22. The number of benzene rings is 1. The predicted molar refractivity (Wildman–Crippen MR) is 78.3 cm³/mol. The van der Waals surface area contributed by atoms with Crippen molar-refractivity contribution in [3.63, 3.8) is 0 Å². The summed E-state index contributed by atoms with van der Waals surface area (Å²) in [5, 5.41) is 0.461. The van der Waals surface area contributed by atoms with Gasteiger partial charge in [-0.15, -0.1) is 0 Å². The van der Waals surface area contributed by atoms with Crippen molar-refractivity contribution in [1.82, 2.24) is 4.90 Å². The number of carbonyl (C=O) groups excluding carboxylic acids is 1. The molecule has 112 valence electrons. The van der Waals surface area contributed by atoms with Crippen LogP contribution < -0.4 is 0 Å². The number of ether oxygens (including phenoxy) is 1. The van der Waals surface area contributed by atoms with Crippen LogP contribution in [0.15, 0.2) is 18.2 Å². The van der Waals surface area contributed by atoms with E-state index in [0.29, 0.717) is 30.3 Å². The lowest BCUT2D eigenvalue weighted by Gasteiger charge is -2.29. The Balaban J connectivity index is 3.08. The largest absolute Gasteiger partial charge is 0.466 e. The van der Waals surface area contributed by atoms with Crippen LogP contribution in [0.1, 0.15) is 38.8 Å². The number of esters is 1. The molecule has 0 aromatic heterocycles. The van der Waals surface area contributed by atoms with Crippen molar-refractivity contribution in [3.8, 4) is 0 Å². The summed E-state index contributed by atoms with van der Waals surface area (Å²) >= 11 is 5.95. The predicted octanol–water partition coefficient (Wildman–Crippen LogP) is 3.82. The van der Waals surface area contributed by atoms with Crippen LogP contribution in [0.5, 0.6) is 0 Å². The topological polar surface area (TPSA) is 29.5 Å². The third-order valence-corrected chi connectivity index (χ3v) is 3.47. The highest BCUT2D eigenvalue weighted by Crippen LogP contribution is 2.29. The van der Waals surface area contributed by atoms with Crippen molar-refractivity contribution in [3.05, 3.63) is 34.6 Å². The fraction of sp³-hybridized carbons (Fsp3) is 0.533. The normalized spacial score (nSPS) is 12.5. The highest BCUT2D eigenvalue weighted by Gasteiger charge is 2.25. The fourth-order valence-electron chi connectivity index (χ4n) is 2.25. The lowest BCUT2D eigenvalue weighted by molar-refractivity contribution is -0.144. The van der Waals surface area contributed by atoms with Gasteiger partial charge in [-0.25, -0.2) is 4.39 Å². The molecule has 0 heterocycles. The summed E-state index contributed by atoms with van der Waals surface area (Å²) in [6.07, 6.45) is 0.118. The van der Waals surface area contributed by atoms with Gasteiger partial charge in [0.15, 0.2) is 0 Å². The second-order valence-electron chi connectivity index (χ2n) is 4.41. The molecule has 1 unspecified atom stereocenters. The molecule has 0 saturated carbocycles. The van der Waals surface area contributed by atoms with Gasteiger partial charge in [0.05, 0.1) is 13.0 Å². The van der Waals surface area contributed by atoms with E-state index in [1.807, 2.05) is 18.7 Å². The average molecular weight is 302 g/mol. The first-order valence-corrected chi connectivity index (χ1v) is 7.25. The molecule has 0 bridgehead atoms. The fourth-order valence-corrected chi connectivity index (χ4v) is 2.43. The van der Waals surface area contributed by atoms with E-state index in [1.165, 1.54) is 12.1 Å². The number of carbonyl (C=O) groups is 1. The maximum Gasteiger partial charge on any atom is 0.307 e. The molecule has 0 amide bonds. The highest BCUT2D eigenvalue weighted by atomic mass is 35.5. The molecule has 3 nitrogen and oxygen atoms in total. The average Bonchev–Trinajstić information content (AvgIpc) is 2.42. The summed E-state index contributed by atoms with van der Waals surface area (Å²) in [7, 11) is 0. The number of hydrogen-bond acceptors (Lipinski definition) is 3. The summed E-state index contributed by atoms with van der Waals surface area (Å²) in [5.74, 6) is -0.681. The lowest BCUT2D eigenvalue weighted by atomic mass is 10.0. The molecular formula is C15H21ClFNO2. The van der Waals surface area contributed by atoms with E-state index < -0.39 is 0 Å². The summed E-state index contributed by atoms with van der Waals surface area (Å²) in [6.45, 7) is 7.46. The van der Waals surface area contributed by atoms with Gasteiger partial charge < -0.3 is 4.74 Å². The molecule has 0 spiro atoms. The van der Waals surface area contributed by atoms with Gasteiger partial charge >= 0.3 is 5.97 Å². The maximum atomic E-state index is 14.1. The summed E-state index contributed by atoms with van der Waals surface area (Å²) in [6, 6.07) is 4.06. The Morgan fingerprint density at radius 3 is 2.55 bits per heavy atom. The van der Waals surface area contributed by atoms with Crippen LogP contribution in [-0.4, -0.2) is 30.6 Å². The van der Waals surface area contributed by atoms with Crippen molar-refractivity contribution in [1.29, 1.82) is 0 Å². The number of rotatable bonds is 7. The molecule has 0 fully saturated rings. The van der Waals surface area contributed by atoms with Gasteiger partial charge in [-0.2, -0.15) is 0 Å². The smallest absolute Gasteiger partial charge is 0.307 e. The van der Waals surface area contributed by atoms with Gasteiger partial charge in [-0.3, -0.25) is 9.69 Å². The quantitative estimate of drug-likeness (QED) is 0.717. The molecule has 20 heavy (non-hydrogen) atoms. The monoisotopic (exact) mass is 301 g/mol. The van der Waals surface area contributed by atoms with Gasteiger partial charge in [0.25, 0.3) is 0 Å². The Bertz CT molecular complexity index is 449. The molecule has 0 aliphatic heterocycles. The van der Waals surface area contributed by atoms with Gasteiger partial charge in [0.2, 0.25) is 0 Å². The van der Waals surface area contributed by atoms with Crippen molar-refractivity contribution in [2.45, 2.75) is 33.2 Å². The van der Waals surface area contributed by atoms with E-state index in [9.17, 15) is 9.18 Å². The first kappa shape index (κ1) is 16.9. The third kappa shape index (κ3) is 4.46. The molecule has 0 aliphatic carbocycles. The minimum Gasteiger partial charge on any atom is -0.466 e. The molecule has 1 rings (SSSR count).